The van der Waals surface area contributed by atoms with E-state index in [1.54, 1.807) is 27.8 Å². The van der Waals surface area contributed by atoms with Crippen molar-refractivity contribution >= 4 is 34.5 Å². The Balaban J connectivity index is 0.00000124. The van der Waals surface area contributed by atoms with Crippen LogP contribution >= 0.6 is 0 Å². The molecule has 0 radical (unpaired) electrons. The number of fused-ring (bicyclic) bond motifs is 1. The van der Waals surface area contributed by atoms with Gasteiger partial charge in [-0.3, -0.25) is 14.4 Å². The number of hydrogen-bond acceptors (Lipinski definition) is 6. The lowest BCUT2D eigenvalue weighted by Crippen LogP contribution is -2.54. The van der Waals surface area contributed by atoms with Crippen LogP contribution < -0.4 is 10.6 Å². The number of carbonyl (C=O) groups is 4. The monoisotopic (exact) mass is 516 g/mol. The van der Waals surface area contributed by atoms with Crippen molar-refractivity contribution in [3.05, 3.63) is 48.0 Å². The fraction of sp³-hybridized carbons (Fsp3) is 0.500. The van der Waals surface area contributed by atoms with Gasteiger partial charge in [0.15, 0.2) is 0 Å². The molecule has 2 unspecified atom stereocenters. The van der Waals surface area contributed by atoms with Crippen molar-refractivity contribution in [1.29, 1.82) is 0 Å². The molecule has 0 bridgehead atoms. The topological polar surface area (TPSA) is 142 Å². The van der Waals surface area contributed by atoms with E-state index in [1.165, 1.54) is 0 Å². The molecule has 0 aliphatic heterocycles. The van der Waals surface area contributed by atoms with Gasteiger partial charge in [-0.2, -0.15) is 0 Å². The number of aliphatic hydroxyl groups is 1. The molecule has 0 aliphatic carbocycles. The van der Waals surface area contributed by atoms with Crippen LogP contribution in [-0.4, -0.2) is 59.3 Å². The predicted molar refractivity (Wildman–Crippen MR) is 142 cm³/mol. The molecule has 0 spiro atoms. The van der Waals surface area contributed by atoms with E-state index in [0.29, 0.717) is 6.42 Å². The average molecular weight is 517 g/mol. The molecular formula is C28H40N2O7. The van der Waals surface area contributed by atoms with Crippen LogP contribution in [0, 0.1) is 11.3 Å². The van der Waals surface area contributed by atoms with Crippen molar-refractivity contribution in [2.24, 2.45) is 11.3 Å². The molecule has 4 N–H and O–H groups in total. The molecule has 2 amide bonds. The van der Waals surface area contributed by atoms with Gasteiger partial charge in [0.2, 0.25) is 11.8 Å². The van der Waals surface area contributed by atoms with Gasteiger partial charge in [-0.15, -0.1) is 0 Å². The molecule has 9 heteroatoms. The van der Waals surface area contributed by atoms with Crippen molar-refractivity contribution in [3.63, 3.8) is 0 Å². The van der Waals surface area contributed by atoms with Crippen molar-refractivity contribution < 1.29 is 34.1 Å². The van der Waals surface area contributed by atoms with E-state index in [9.17, 15) is 14.4 Å². The molecule has 0 saturated carbocycles. The van der Waals surface area contributed by atoms with E-state index in [0.717, 1.165) is 16.3 Å². The van der Waals surface area contributed by atoms with Crippen molar-refractivity contribution in [1.82, 2.24) is 10.6 Å². The second kappa shape index (κ2) is 13.7. The van der Waals surface area contributed by atoms with Crippen molar-refractivity contribution in [3.8, 4) is 0 Å². The quantitative estimate of drug-likeness (QED) is 0.395. The highest BCUT2D eigenvalue weighted by molar-refractivity contribution is 5.91. The number of aliphatic hydroxyl groups excluding tert-OH is 1. The molecule has 2 rings (SSSR count). The Morgan fingerprint density at radius 2 is 1.49 bits per heavy atom. The summed E-state index contributed by atoms with van der Waals surface area (Å²) < 4.78 is 5.47. The van der Waals surface area contributed by atoms with Gasteiger partial charge in [0.25, 0.3) is 0 Å². The minimum absolute atomic E-state index is 0.0689. The van der Waals surface area contributed by atoms with Crippen LogP contribution in [0.1, 0.15) is 53.5 Å². The lowest BCUT2D eigenvalue weighted by Gasteiger charge is -2.31. The third-order valence-corrected chi connectivity index (χ3v) is 5.30. The highest BCUT2D eigenvalue weighted by atomic mass is 16.6. The fourth-order valence-electron chi connectivity index (χ4n) is 3.57. The Hall–Kier alpha value is -3.46. The summed E-state index contributed by atoms with van der Waals surface area (Å²) in [6, 6.07) is 13.3. The minimum Gasteiger partial charge on any atom is -0.480 e. The maximum absolute atomic E-state index is 13.3. The van der Waals surface area contributed by atoms with Crippen LogP contribution in [0.2, 0.25) is 0 Å². The minimum atomic E-state index is -1.19. The Kier molecular flexibility index (Phi) is 11.7. The van der Waals surface area contributed by atoms with Crippen LogP contribution in [-0.2, 0) is 30.3 Å². The summed E-state index contributed by atoms with van der Waals surface area (Å²) >= 11 is 0. The highest BCUT2D eigenvalue weighted by Crippen LogP contribution is 2.23. The predicted octanol–water partition coefficient (Wildman–Crippen LogP) is 3.07. The smallest absolute Gasteiger partial charge is 0.329 e. The lowest BCUT2D eigenvalue weighted by molar-refractivity contribution is -0.157. The summed E-state index contributed by atoms with van der Waals surface area (Å²) in [7, 11) is 1.54. The number of ether oxygens (including phenoxy) is 1. The summed E-state index contributed by atoms with van der Waals surface area (Å²) in [6.07, 6.45) is 0.293. The highest BCUT2D eigenvalue weighted by Gasteiger charge is 2.35. The van der Waals surface area contributed by atoms with E-state index in [1.807, 2.05) is 63.2 Å². The molecule has 0 aromatic heterocycles. The second-order valence-corrected chi connectivity index (χ2v) is 10.8. The number of carboxylic acids is 1. The molecule has 37 heavy (non-hydrogen) atoms. The normalized spacial score (nSPS) is 13.0. The van der Waals surface area contributed by atoms with Gasteiger partial charge < -0.3 is 25.6 Å². The van der Waals surface area contributed by atoms with Crippen LogP contribution in [0.3, 0.4) is 0 Å². The Labute approximate surface area is 218 Å². The number of likely N-dealkylation sites (N-methyl/N-ethyl adjacent to an activating group) is 1. The Morgan fingerprint density at radius 3 is 1.97 bits per heavy atom. The van der Waals surface area contributed by atoms with E-state index in [4.69, 9.17) is 19.7 Å². The SMILES string of the molecule is CNC(=O)C(NC(=O)C(CC(=O)OC(C)(C)C)Cc1ccc2ccccc2c1)C(C)(C)C.O=C(O)CO. The number of amides is 2. The first-order valence-electron chi connectivity index (χ1n) is 12.1. The van der Waals surface area contributed by atoms with E-state index >= 15 is 0 Å². The van der Waals surface area contributed by atoms with E-state index < -0.39 is 41.5 Å². The summed E-state index contributed by atoms with van der Waals surface area (Å²) in [5, 5.41) is 22.7. The molecule has 2 aromatic carbocycles. The van der Waals surface area contributed by atoms with Crippen LogP contribution in [0.25, 0.3) is 10.8 Å². The summed E-state index contributed by atoms with van der Waals surface area (Å²) in [4.78, 5) is 47.4. The summed E-state index contributed by atoms with van der Waals surface area (Å²) in [5.74, 6) is -2.91. The molecule has 2 atom stereocenters. The number of carboxylic acid groups (broad SMARTS) is 1. The van der Waals surface area contributed by atoms with Gasteiger partial charge in [-0.1, -0.05) is 63.2 Å². The first kappa shape index (κ1) is 31.6. The van der Waals surface area contributed by atoms with Gasteiger partial charge in [0.1, 0.15) is 18.2 Å². The number of hydrogen-bond donors (Lipinski definition) is 4. The third-order valence-electron chi connectivity index (χ3n) is 5.30. The second-order valence-electron chi connectivity index (χ2n) is 10.8. The van der Waals surface area contributed by atoms with Gasteiger partial charge >= 0.3 is 11.9 Å². The lowest BCUT2D eigenvalue weighted by atomic mass is 9.85. The zero-order chi connectivity index (χ0) is 28.4. The molecule has 0 aliphatic rings. The third kappa shape index (κ3) is 11.4. The maximum atomic E-state index is 13.3. The first-order valence-corrected chi connectivity index (χ1v) is 12.1. The number of nitrogens with one attached hydrogen (secondary N) is 2. The van der Waals surface area contributed by atoms with Crippen LogP contribution in [0.15, 0.2) is 42.5 Å². The van der Waals surface area contributed by atoms with Crippen LogP contribution in [0.4, 0.5) is 0 Å². The van der Waals surface area contributed by atoms with Gasteiger partial charge in [-0.25, -0.2) is 4.79 Å². The fourth-order valence-corrected chi connectivity index (χ4v) is 3.57. The first-order chi connectivity index (χ1) is 17.1. The molecule has 0 heterocycles. The van der Waals surface area contributed by atoms with Gasteiger partial charge in [0, 0.05) is 7.05 Å². The number of aliphatic carboxylic acids is 1. The van der Waals surface area contributed by atoms with Crippen LogP contribution in [0.5, 0.6) is 0 Å². The maximum Gasteiger partial charge on any atom is 0.329 e. The Morgan fingerprint density at radius 1 is 0.919 bits per heavy atom. The van der Waals surface area contributed by atoms with E-state index in [-0.39, 0.29) is 18.2 Å². The molecule has 9 nitrogen and oxygen atoms in total. The zero-order valence-corrected chi connectivity index (χ0v) is 22.8. The number of benzene rings is 2. The van der Waals surface area contributed by atoms with Gasteiger partial charge in [-0.05, 0) is 48.9 Å². The largest absolute Gasteiger partial charge is 0.480 e. The number of carbonyl (C=O) groups excluding carboxylic acids is 3. The molecule has 2 aromatic rings. The molecule has 0 saturated heterocycles. The summed E-state index contributed by atoms with van der Waals surface area (Å²) in [6.45, 7) is 10.3. The molecular weight excluding hydrogens is 476 g/mol. The Bertz CT molecular complexity index is 1080. The average Bonchev–Trinajstić information content (AvgIpc) is 2.79. The number of esters is 1. The standard InChI is InChI=1S/C26H36N2O4.C2H4O3/c1-25(2,3)22(24(31)27-7)28-23(30)20(16-21(29)32-26(4,5)6)15-17-12-13-18-10-8-9-11-19(18)14-17;3-1-2(4)5/h8-14,20,22H,15-16H2,1-7H3,(H,27,31)(H,28,30);3H,1H2,(H,4,5). The van der Waals surface area contributed by atoms with Crippen molar-refractivity contribution in [2.75, 3.05) is 13.7 Å². The van der Waals surface area contributed by atoms with E-state index in [2.05, 4.69) is 10.6 Å². The van der Waals surface area contributed by atoms with Crippen molar-refractivity contribution in [2.45, 2.75) is 66.0 Å². The molecule has 0 fully saturated rings. The number of rotatable bonds is 8. The summed E-state index contributed by atoms with van der Waals surface area (Å²) in [5.41, 5.74) is -0.189. The van der Waals surface area contributed by atoms with Gasteiger partial charge in [0.05, 0.1) is 12.3 Å². The zero-order valence-electron chi connectivity index (χ0n) is 22.8. The molecule has 204 valence electrons.